The first-order valence-electron chi connectivity index (χ1n) is 7.94. The molecule has 1 aromatic heterocycles. The predicted molar refractivity (Wildman–Crippen MR) is 78.7 cm³/mol. The van der Waals surface area contributed by atoms with Crippen molar-refractivity contribution in [3.63, 3.8) is 0 Å². The van der Waals surface area contributed by atoms with Gasteiger partial charge in [-0.3, -0.25) is 9.59 Å². The average Bonchev–Trinajstić information content (AvgIpc) is 3.01. The molecular formula is C16H22N2O4. The van der Waals surface area contributed by atoms with E-state index in [-0.39, 0.29) is 18.5 Å². The number of carbonyl (C=O) groups excluding carboxylic acids is 2. The molecule has 0 spiro atoms. The van der Waals surface area contributed by atoms with Gasteiger partial charge in [-0.15, -0.1) is 0 Å². The van der Waals surface area contributed by atoms with E-state index in [4.69, 9.17) is 4.42 Å². The Morgan fingerprint density at radius 3 is 2.55 bits per heavy atom. The maximum atomic E-state index is 11.9. The molecule has 2 aliphatic rings. The largest absolute Gasteiger partial charge is 0.466 e. The van der Waals surface area contributed by atoms with E-state index in [1.54, 1.807) is 12.1 Å². The highest BCUT2D eigenvalue weighted by Gasteiger charge is 2.47. The van der Waals surface area contributed by atoms with Crippen molar-refractivity contribution in [2.24, 2.45) is 5.92 Å². The van der Waals surface area contributed by atoms with Gasteiger partial charge in [0.1, 0.15) is 11.4 Å². The smallest absolute Gasteiger partial charge is 0.309 e. The van der Waals surface area contributed by atoms with Crippen LogP contribution in [0.4, 0.5) is 0 Å². The fraction of sp³-hybridized carbons (Fsp3) is 0.625. The summed E-state index contributed by atoms with van der Waals surface area (Å²) < 4.78 is 5.30. The van der Waals surface area contributed by atoms with Gasteiger partial charge >= 0.3 is 11.8 Å². The molecule has 6 nitrogen and oxygen atoms in total. The number of nitrogens with one attached hydrogen (secondary N) is 2. The first-order chi connectivity index (χ1) is 10.6. The van der Waals surface area contributed by atoms with Crippen molar-refractivity contribution in [1.82, 2.24) is 10.6 Å². The molecule has 1 aromatic rings. The lowest BCUT2D eigenvalue weighted by Crippen LogP contribution is -2.48. The molecule has 2 amide bonds. The van der Waals surface area contributed by atoms with Crippen molar-refractivity contribution in [2.75, 3.05) is 6.54 Å². The molecule has 1 atom stereocenters. The summed E-state index contributed by atoms with van der Waals surface area (Å²) in [5.41, 5.74) is -1.23. The van der Waals surface area contributed by atoms with Crippen LogP contribution in [-0.4, -0.2) is 29.5 Å². The van der Waals surface area contributed by atoms with Gasteiger partial charge in [-0.05, 0) is 43.7 Å². The summed E-state index contributed by atoms with van der Waals surface area (Å²) in [6.45, 7) is -0.0118. The fourth-order valence-corrected chi connectivity index (χ4v) is 3.13. The second-order valence-electron chi connectivity index (χ2n) is 6.31. The van der Waals surface area contributed by atoms with Gasteiger partial charge < -0.3 is 20.2 Å². The van der Waals surface area contributed by atoms with E-state index in [0.29, 0.717) is 5.76 Å². The van der Waals surface area contributed by atoms with Crippen LogP contribution < -0.4 is 10.6 Å². The molecule has 0 saturated heterocycles. The van der Waals surface area contributed by atoms with Gasteiger partial charge in [-0.25, -0.2) is 0 Å². The number of hydrogen-bond acceptors (Lipinski definition) is 4. The van der Waals surface area contributed by atoms with Crippen molar-refractivity contribution in [3.8, 4) is 0 Å². The first kappa shape index (κ1) is 15.1. The Morgan fingerprint density at radius 1 is 1.23 bits per heavy atom. The van der Waals surface area contributed by atoms with E-state index < -0.39 is 17.4 Å². The number of aliphatic hydroxyl groups is 1. The molecule has 6 heteroatoms. The third-order valence-electron chi connectivity index (χ3n) is 4.62. The highest BCUT2D eigenvalue weighted by Crippen LogP contribution is 2.45. The molecule has 0 aromatic carbocycles. The third-order valence-corrected chi connectivity index (χ3v) is 4.62. The molecule has 0 bridgehead atoms. The van der Waals surface area contributed by atoms with Crippen LogP contribution in [0.1, 0.15) is 44.3 Å². The van der Waals surface area contributed by atoms with Gasteiger partial charge in [0.15, 0.2) is 0 Å². The van der Waals surface area contributed by atoms with Crippen LogP contribution >= 0.6 is 0 Å². The molecule has 2 fully saturated rings. The number of furan rings is 1. The van der Waals surface area contributed by atoms with Gasteiger partial charge in [-0.2, -0.15) is 0 Å². The first-order valence-corrected chi connectivity index (χ1v) is 7.94. The lowest BCUT2D eigenvalue weighted by atomic mass is 9.94. The zero-order valence-electron chi connectivity index (χ0n) is 12.5. The second kappa shape index (κ2) is 6.12. The normalized spacial score (nSPS) is 21.3. The molecule has 0 aliphatic heterocycles. The second-order valence-corrected chi connectivity index (χ2v) is 6.31. The van der Waals surface area contributed by atoms with Crippen LogP contribution in [0.15, 0.2) is 22.8 Å². The molecule has 0 radical (unpaired) electrons. The van der Waals surface area contributed by atoms with E-state index in [1.807, 2.05) is 0 Å². The lowest BCUT2D eigenvalue weighted by Gasteiger charge is -2.26. The summed E-state index contributed by atoms with van der Waals surface area (Å²) in [5, 5.41) is 16.1. The van der Waals surface area contributed by atoms with Gasteiger partial charge in [0.25, 0.3) is 0 Å². The van der Waals surface area contributed by atoms with E-state index >= 15 is 0 Å². The van der Waals surface area contributed by atoms with Gasteiger partial charge in [0, 0.05) is 6.04 Å². The fourth-order valence-electron chi connectivity index (χ4n) is 3.13. The monoisotopic (exact) mass is 306 g/mol. The molecule has 120 valence electrons. The minimum absolute atomic E-state index is 0.0118. The highest BCUT2D eigenvalue weighted by atomic mass is 16.4. The summed E-state index contributed by atoms with van der Waals surface area (Å²) in [6, 6.07) is 3.51. The highest BCUT2D eigenvalue weighted by molar-refractivity contribution is 6.35. The van der Waals surface area contributed by atoms with Gasteiger partial charge in [0.05, 0.1) is 12.8 Å². The molecule has 1 unspecified atom stereocenters. The van der Waals surface area contributed by atoms with Crippen molar-refractivity contribution in [1.29, 1.82) is 0 Å². The molecule has 22 heavy (non-hydrogen) atoms. The van der Waals surface area contributed by atoms with Crippen LogP contribution in [0.5, 0.6) is 0 Å². The van der Waals surface area contributed by atoms with Crippen molar-refractivity contribution in [3.05, 3.63) is 24.2 Å². The molecule has 2 saturated carbocycles. The minimum atomic E-state index is -1.23. The Bertz CT molecular complexity index is 532. The standard InChI is InChI=1S/C16H22N2O4/c19-14(15(20)18-12-4-1-2-5-12)17-10-16(21,11-7-8-11)13-6-3-9-22-13/h3,6,9,11-12,21H,1-2,4-5,7-8,10H2,(H,17,19)(H,18,20). The SMILES string of the molecule is O=C(NCC(O)(c1ccco1)C1CC1)C(=O)NC1CCCC1. The molecule has 2 aliphatic carbocycles. The van der Waals surface area contributed by atoms with E-state index in [0.717, 1.165) is 38.5 Å². The van der Waals surface area contributed by atoms with Crippen LogP contribution in [0.25, 0.3) is 0 Å². The zero-order valence-corrected chi connectivity index (χ0v) is 12.5. The van der Waals surface area contributed by atoms with Crippen LogP contribution in [0.2, 0.25) is 0 Å². The van der Waals surface area contributed by atoms with E-state index in [9.17, 15) is 14.7 Å². The summed E-state index contributed by atoms with van der Waals surface area (Å²) in [7, 11) is 0. The third kappa shape index (κ3) is 3.16. The maximum absolute atomic E-state index is 11.9. The Kier molecular flexibility index (Phi) is 4.20. The molecule has 1 heterocycles. The number of rotatable bonds is 5. The van der Waals surface area contributed by atoms with Gasteiger partial charge in [0.2, 0.25) is 0 Å². The Labute approximate surface area is 129 Å². The van der Waals surface area contributed by atoms with Crippen LogP contribution in [0, 0.1) is 5.92 Å². The Morgan fingerprint density at radius 2 is 1.95 bits per heavy atom. The van der Waals surface area contributed by atoms with Crippen molar-refractivity contribution < 1.29 is 19.1 Å². The molecule has 3 N–H and O–H groups in total. The zero-order chi connectivity index (χ0) is 15.6. The quantitative estimate of drug-likeness (QED) is 0.709. The summed E-state index contributed by atoms with van der Waals surface area (Å²) in [6.07, 6.45) is 7.31. The molecule has 3 rings (SSSR count). The Balaban J connectivity index is 1.55. The van der Waals surface area contributed by atoms with Crippen molar-refractivity contribution >= 4 is 11.8 Å². The van der Waals surface area contributed by atoms with Crippen LogP contribution in [0.3, 0.4) is 0 Å². The van der Waals surface area contributed by atoms with Gasteiger partial charge in [-0.1, -0.05) is 12.8 Å². The lowest BCUT2D eigenvalue weighted by molar-refractivity contribution is -0.140. The summed E-state index contributed by atoms with van der Waals surface area (Å²) in [5.74, 6) is -0.814. The predicted octanol–water partition coefficient (Wildman–Crippen LogP) is 1.05. The minimum Gasteiger partial charge on any atom is -0.466 e. The van der Waals surface area contributed by atoms with E-state index in [1.165, 1.54) is 6.26 Å². The average molecular weight is 306 g/mol. The number of carbonyl (C=O) groups is 2. The molecular weight excluding hydrogens is 284 g/mol. The number of amides is 2. The Hall–Kier alpha value is -1.82. The number of hydrogen-bond donors (Lipinski definition) is 3. The maximum Gasteiger partial charge on any atom is 0.309 e. The van der Waals surface area contributed by atoms with E-state index in [2.05, 4.69) is 10.6 Å². The summed E-state index contributed by atoms with van der Waals surface area (Å²) in [4.78, 5) is 23.8. The topological polar surface area (TPSA) is 91.6 Å². The van der Waals surface area contributed by atoms with Crippen LogP contribution in [-0.2, 0) is 15.2 Å². The summed E-state index contributed by atoms with van der Waals surface area (Å²) >= 11 is 0. The van der Waals surface area contributed by atoms with Crippen molar-refractivity contribution in [2.45, 2.75) is 50.2 Å².